The van der Waals surface area contributed by atoms with Gasteiger partial charge in [0.15, 0.2) is 0 Å². The largest absolute Gasteiger partial charge is 0.466 e. The molecule has 0 atom stereocenters. The molecular weight excluding hydrogens is 176 g/mol. The van der Waals surface area contributed by atoms with Gasteiger partial charge in [-0.2, -0.15) is 0 Å². The molecule has 0 saturated heterocycles. The number of allylic oxidation sites excluding steroid dienone is 3. The summed E-state index contributed by atoms with van der Waals surface area (Å²) in [5.74, 6) is -0.184. The summed E-state index contributed by atoms with van der Waals surface area (Å²) in [7, 11) is 1.44. The number of hydrogen-bond donors (Lipinski definition) is 0. The molecule has 2 nitrogen and oxygen atoms in total. The fourth-order valence-corrected chi connectivity index (χ4v) is 1.92. The average molecular weight is 194 g/mol. The Morgan fingerprint density at radius 1 is 1.57 bits per heavy atom. The summed E-state index contributed by atoms with van der Waals surface area (Å²) in [6, 6.07) is 0. The van der Waals surface area contributed by atoms with Crippen LogP contribution in [0.1, 0.15) is 33.6 Å². The second-order valence-corrected chi connectivity index (χ2v) is 4.24. The minimum Gasteiger partial charge on any atom is -0.466 e. The topological polar surface area (TPSA) is 26.3 Å². The van der Waals surface area contributed by atoms with E-state index >= 15 is 0 Å². The molecule has 1 aliphatic rings. The molecule has 0 amide bonds. The van der Waals surface area contributed by atoms with Gasteiger partial charge in [-0.1, -0.05) is 32.9 Å². The first kappa shape index (κ1) is 11.0. The van der Waals surface area contributed by atoms with Crippen molar-refractivity contribution < 1.29 is 9.53 Å². The van der Waals surface area contributed by atoms with Gasteiger partial charge in [-0.05, 0) is 18.4 Å². The maximum absolute atomic E-state index is 11.6. The fourth-order valence-electron chi connectivity index (χ4n) is 1.92. The second kappa shape index (κ2) is 3.99. The predicted molar refractivity (Wildman–Crippen MR) is 56.9 cm³/mol. The van der Waals surface area contributed by atoms with Crippen LogP contribution >= 0.6 is 0 Å². The third-order valence-electron chi connectivity index (χ3n) is 2.72. The van der Waals surface area contributed by atoms with Crippen LogP contribution in [0.4, 0.5) is 0 Å². The van der Waals surface area contributed by atoms with Gasteiger partial charge in [0.25, 0.3) is 0 Å². The first-order valence-electron chi connectivity index (χ1n) is 5.01. The molecule has 0 bridgehead atoms. The van der Waals surface area contributed by atoms with Crippen molar-refractivity contribution in [3.63, 3.8) is 0 Å². The lowest BCUT2D eigenvalue weighted by molar-refractivity contribution is -0.137. The highest BCUT2D eigenvalue weighted by atomic mass is 16.5. The van der Waals surface area contributed by atoms with E-state index in [-0.39, 0.29) is 11.4 Å². The average Bonchev–Trinajstić information content (AvgIpc) is 2.15. The third kappa shape index (κ3) is 1.89. The summed E-state index contributed by atoms with van der Waals surface area (Å²) in [6.07, 6.45) is 5.95. The van der Waals surface area contributed by atoms with Crippen molar-refractivity contribution in [2.24, 2.45) is 5.41 Å². The quantitative estimate of drug-likeness (QED) is 0.632. The summed E-state index contributed by atoms with van der Waals surface area (Å²) in [5, 5.41) is 0. The van der Waals surface area contributed by atoms with Gasteiger partial charge >= 0.3 is 5.97 Å². The van der Waals surface area contributed by atoms with Crippen molar-refractivity contribution in [3.05, 3.63) is 23.3 Å². The van der Waals surface area contributed by atoms with E-state index in [0.29, 0.717) is 0 Å². The molecule has 0 fully saturated rings. The molecule has 14 heavy (non-hydrogen) atoms. The first-order valence-corrected chi connectivity index (χ1v) is 5.01. The van der Waals surface area contributed by atoms with E-state index in [0.717, 1.165) is 24.0 Å². The van der Waals surface area contributed by atoms with Gasteiger partial charge in [0.05, 0.1) is 7.11 Å². The van der Waals surface area contributed by atoms with E-state index in [1.165, 1.54) is 7.11 Å². The van der Waals surface area contributed by atoms with Gasteiger partial charge in [0, 0.05) is 11.0 Å². The third-order valence-corrected chi connectivity index (χ3v) is 2.72. The van der Waals surface area contributed by atoms with Gasteiger partial charge in [0.2, 0.25) is 0 Å². The molecule has 1 rings (SSSR count). The summed E-state index contributed by atoms with van der Waals surface area (Å²) in [5.41, 5.74) is 1.85. The van der Waals surface area contributed by atoms with Crippen LogP contribution in [0, 0.1) is 5.41 Å². The van der Waals surface area contributed by atoms with Crippen LogP contribution in [0.2, 0.25) is 0 Å². The number of ether oxygens (including phenoxy) is 1. The first-order chi connectivity index (χ1) is 6.53. The Morgan fingerprint density at radius 2 is 2.21 bits per heavy atom. The molecule has 0 spiro atoms. The van der Waals surface area contributed by atoms with E-state index in [1.807, 2.05) is 6.08 Å². The lowest BCUT2D eigenvalue weighted by Crippen LogP contribution is -2.25. The van der Waals surface area contributed by atoms with Crippen molar-refractivity contribution in [2.45, 2.75) is 33.6 Å². The molecule has 0 aliphatic heterocycles. The molecule has 1 aliphatic carbocycles. The molecule has 0 heterocycles. The van der Waals surface area contributed by atoms with Gasteiger partial charge < -0.3 is 4.74 Å². The molecule has 0 N–H and O–H groups in total. The van der Waals surface area contributed by atoms with Crippen molar-refractivity contribution in [1.29, 1.82) is 0 Å². The number of carbonyl (C=O) groups excluding carboxylic acids is 1. The number of carbonyl (C=O) groups is 1. The minimum absolute atomic E-state index is 0.0901. The summed E-state index contributed by atoms with van der Waals surface area (Å²) in [6.45, 7) is 6.22. The summed E-state index contributed by atoms with van der Waals surface area (Å²) < 4.78 is 4.83. The van der Waals surface area contributed by atoms with E-state index < -0.39 is 0 Å². The van der Waals surface area contributed by atoms with Crippen LogP contribution < -0.4 is 0 Å². The SMILES string of the molecule is CCC1=C(C(=O)OC)C(C)(C)CC=C1. The maximum Gasteiger partial charge on any atom is 0.334 e. The highest BCUT2D eigenvalue weighted by Crippen LogP contribution is 2.38. The second-order valence-electron chi connectivity index (χ2n) is 4.24. The Morgan fingerprint density at radius 3 is 2.71 bits per heavy atom. The lowest BCUT2D eigenvalue weighted by Gasteiger charge is -2.30. The predicted octanol–water partition coefficient (Wildman–Crippen LogP) is 2.85. The van der Waals surface area contributed by atoms with Crippen LogP contribution in [0.15, 0.2) is 23.3 Å². The van der Waals surface area contributed by atoms with E-state index in [2.05, 4.69) is 26.8 Å². The smallest absolute Gasteiger partial charge is 0.334 e. The Labute approximate surface area is 85.6 Å². The Kier molecular flexibility index (Phi) is 3.14. The number of hydrogen-bond acceptors (Lipinski definition) is 2. The van der Waals surface area contributed by atoms with Gasteiger partial charge in [-0.25, -0.2) is 4.79 Å². The molecule has 78 valence electrons. The van der Waals surface area contributed by atoms with Crippen LogP contribution in [0.25, 0.3) is 0 Å². The summed E-state index contributed by atoms with van der Waals surface area (Å²) in [4.78, 5) is 11.6. The summed E-state index contributed by atoms with van der Waals surface area (Å²) >= 11 is 0. The fraction of sp³-hybridized carbons (Fsp3) is 0.583. The van der Waals surface area contributed by atoms with Crippen LogP contribution in [0.3, 0.4) is 0 Å². The monoisotopic (exact) mass is 194 g/mol. The van der Waals surface area contributed by atoms with Gasteiger partial charge in [0.1, 0.15) is 0 Å². The molecule has 0 radical (unpaired) electrons. The molecular formula is C12H18O2. The molecule has 0 aromatic carbocycles. The lowest BCUT2D eigenvalue weighted by atomic mass is 9.75. The highest BCUT2D eigenvalue weighted by molar-refractivity contribution is 5.91. The van der Waals surface area contributed by atoms with Crippen molar-refractivity contribution >= 4 is 5.97 Å². The van der Waals surface area contributed by atoms with Gasteiger partial charge in [-0.3, -0.25) is 0 Å². The van der Waals surface area contributed by atoms with Crippen molar-refractivity contribution in [2.75, 3.05) is 7.11 Å². The number of methoxy groups -OCH3 is 1. The van der Waals surface area contributed by atoms with Crippen LogP contribution in [0.5, 0.6) is 0 Å². The Hall–Kier alpha value is -1.05. The molecule has 0 saturated carbocycles. The zero-order valence-electron chi connectivity index (χ0n) is 9.39. The molecule has 2 heteroatoms. The maximum atomic E-state index is 11.6. The van der Waals surface area contributed by atoms with Crippen LogP contribution in [-0.2, 0) is 9.53 Å². The van der Waals surface area contributed by atoms with E-state index in [4.69, 9.17) is 4.74 Å². The van der Waals surface area contributed by atoms with Crippen molar-refractivity contribution in [1.82, 2.24) is 0 Å². The Balaban J connectivity index is 3.17. The minimum atomic E-state index is -0.184. The molecule has 0 aromatic heterocycles. The Bertz CT molecular complexity index is 295. The molecule has 0 aromatic rings. The number of rotatable bonds is 2. The zero-order chi connectivity index (χ0) is 10.8. The number of esters is 1. The normalized spacial score (nSPS) is 19.7. The van der Waals surface area contributed by atoms with Crippen LogP contribution in [-0.4, -0.2) is 13.1 Å². The molecule has 0 unspecified atom stereocenters. The van der Waals surface area contributed by atoms with E-state index in [1.54, 1.807) is 0 Å². The van der Waals surface area contributed by atoms with Crippen molar-refractivity contribution in [3.8, 4) is 0 Å². The highest BCUT2D eigenvalue weighted by Gasteiger charge is 2.32. The van der Waals surface area contributed by atoms with E-state index in [9.17, 15) is 4.79 Å². The zero-order valence-corrected chi connectivity index (χ0v) is 9.39. The standard InChI is InChI=1S/C12H18O2/c1-5-9-7-6-8-12(2,3)10(9)11(13)14-4/h6-7H,5,8H2,1-4H3. The van der Waals surface area contributed by atoms with Gasteiger partial charge in [-0.15, -0.1) is 0 Å².